The Bertz CT molecular complexity index is 1160. The van der Waals surface area contributed by atoms with Gasteiger partial charge in [-0.15, -0.1) is 0 Å². The van der Waals surface area contributed by atoms with Gasteiger partial charge >= 0.3 is 0 Å². The summed E-state index contributed by atoms with van der Waals surface area (Å²) in [5.74, 6) is 0.103. The van der Waals surface area contributed by atoms with Crippen molar-refractivity contribution >= 4 is 21.6 Å². The van der Waals surface area contributed by atoms with Gasteiger partial charge in [-0.05, 0) is 37.1 Å². The Morgan fingerprint density at radius 3 is 2.32 bits per heavy atom. The van der Waals surface area contributed by atoms with Gasteiger partial charge in [-0.25, -0.2) is 18.4 Å². The summed E-state index contributed by atoms with van der Waals surface area (Å²) in [6, 6.07) is 14.9. The molecule has 8 nitrogen and oxygen atoms in total. The number of aromatic nitrogens is 2. The lowest BCUT2D eigenvalue weighted by atomic mass is 9.97. The number of piperidine rings is 1. The van der Waals surface area contributed by atoms with E-state index in [9.17, 15) is 18.3 Å². The third-order valence-electron chi connectivity index (χ3n) is 5.23. The number of anilines is 1. The maximum absolute atomic E-state index is 12.7. The molecular formula is C22H22N4O4S. The first-order valence-electron chi connectivity index (χ1n) is 9.91. The minimum absolute atomic E-state index is 0.124. The largest absolute Gasteiger partial charge is 0.508 e. The van der Waals surface area contributed by atoms with Crippen molar-refractivity contribution in [2.75, 3.05) is 18.4 Å². The first kappa shape index (κ1) is 21.0. The Morgan fingerprint density at radius 2 is 1.68 bits per heavy atom. The molecule has 4 rings (SSSR count). The van der Waals surface area contributed by atoms with Crippen molar-refractivity contribution in [3.8, 4) is 17.1 Å². The van der Waals surface area contributed by atoms with E-state index in [4.69, 9.17) is 0 Å². The standard InChI is InChI=1S/C22H22N4O4S/c27-19-6-4-5-17(13-19)21-23-14-18(15-24-21)25-22(28)16-9-11-26(12-10-16)31(29,30)20-7-2-1-3-8-20/h1-8,13-16,27H,9-12H2,(H,25,28). The fourth-order valence-corrected chi connectivity index (χ4v) is 5.02. The Balaban J connectivity index is 1.35. The van der Waals surface area contributed by atoms with E-state index in [-0.39, 0.29) is 22.5 Å². The SMILES string of the molecule is O=C(Nc1cnc(-c2cccc(O)c2)nc1)C1CCN(S(=O)(=O)c2ccccc2)CC1. The van der Waals surface area contributed by atoms with Crippen molar-refractivity contribution in [1.29, 1.82) is 0 Å². The summed E-state index contributed by atoms with van der Waals surface area (Å²) in [6.07, 6.45) is 3.92. The van der Waals surface area contributed by atoms with E-state index in [1.165, 1.54) is 16.7 Å². The van der Waals surface area contributed by atoms with Crippen LogP contribution in [0.5, 0.6) is 5.75 Å². The van der Waals surface area contributed by atoms with E-state index in [1.54, 1.807) is 54.6 Å². The second kappa shape index (κ2) is 8.83. The van der Waals surface area contributed by atoms with E-state index in [0.717, 1.165) is 0 Å². The molecule has 0 atom stereocenters. The number of sulfonamides is 1. The fourth-order valence-electron chi connectivity index (χ4n) is 3.53. The van der Waals surface area contributed by atoms with Crippen LogP contribution in [0.4, 0.5) is 5.69 Å². The molecule has 2 aromatic carbocycles. The van der Waals surface area contributed by atoms with E-state index in [1.807, 2.05) is 0 Å². The number of phenolic OH excluding ortho intramolecular Hbond substituents is 1. The van der Waals surface area contributed by atoms with Gasteiger partial charge in [-0.3, -0.25) is 4.79 Å². The summed E-state index contributed by atoms with van der Waals surface area (Å²) in [4.78, 5) is 21.4. The van der Waals surface area contributed by atoms with E-state index in [0.29, 0.717) is 43.0 Å². The number of phenols is 1. The molecule has 31 heavy (non-hydrogen) atoms. The van der Waals surface area contributed by atoms with Crippen LogP contribution in [0.1, 0.15) is 12.8 Å². The first-order chi connectivity index (χ1) is 14.9. The lowest BCUT2D eigenvalue weighted by Gasteiger charge is -2.30. The molecule has 0 unspecified atom stereocenters. The van der Waals surface area contributed by atoms with Gasteiger partial charge < -0.3 is 10.4 Å². The van der Waals surface area contributed by atoms with Gasteiger partial charge in [0.1, 0.15) is 5.75 Å². The summed E-state index contributed by atoms with van der Waals surface area (Å²) in [6.45, 7) is 0.588. The number of carbonyl (C=O) groups is 1. The highest BCUT2D eigenvalue weighted by molar-refractivity contribution is 7.89. The average molecular weight is 439 g/mol. The van der Waals surface area contributed by atoms with Gasteiger partial charge in [-0.2, -0.15) is 4.31 Å². The van der Waals surface area contributed by atoms with Crippen molar-refractivity contribution in [2.45, 2.75) is 17.7 Å². The average Bonchev–Trinajstić information content (AvgIpc) is 2.80. The van der Waals surface area contributed by atoms with Crippen LogP contribution in [0.2, 0.25) is 0 Å². The predicted molar refractivity (Wildman–Crippen MR) is 116 cm³/mol. The van der Waals surface area contributed by atoms with Crippen molar-refractivity contribution < 1.29 is 18.3 Å². The Kier molecular flexibility index (Phi) is 5.97. The highest BCUT2D eigenvalue weighted by atomic mass is 32.2. The molecule has 9 heteroatoms. The molecule has 0 saturated carbocycles. The summed E-state index contributed by atoms with van der Waals surface area (Å²) >= 11 is 0. The van der Waals surface area contributed by atoms with Crippen LogP contribution in [-0.2, 0) is 14.8 Å². The number of nitrogens with one attached hydrogen (secondary N) is 1. The number of aromatic hydroxyl groups is 1. The number of nitrogens with zero attached hydrogens (tertiary/aromatic N) is 3. The lowest BCUT2D eigenvalue weighted by molar-refractivity contribution is -0.120. The number of hydrogen-bond donors (Lipinski definition) is 2. The maximum Gasteiger partial charge on any atom is 0.243 e. The molecular weight excluding hydrogens is 416 g/mol. The molecule has 1 saturated heterocycles. The number of carbonyl (C=O) groups excluding carboxylic acids is 1. The van der Waals surface area contributed by atoms with Crippen LogP contribution < -0.4 is 5.32 Å². The van der Waals surface area contributed by atoms with E-state index < -0.39 is 10.0 Å². The molecule has 160 valence electrons. The molecule has 0 aliphatic carbocycles. The zero-order valence-electron chi connectivity index (χ0n) is 16.7. The summed E-state index contributed by atoms with van der Waals surface area (Å²) in [5, 5.41) is 12.4. The van der Waals surface area contributed by atoms with Gasteiger partial charge in [0.25, 0.3) is 0 Å². The summed E-state index contributed by atoms with van der Waals surface area (Å²) in [5.41, 5.74) is 1.14. The Hall–Kier alpha value is -3.30. The summed E-state index contributed by atoms with van der Waals surface area (Å²) in [7, 11) is -3.54. The van der Waals surface area contributed by atoms with Crippen molar-refractivity contribution in [3.05, 3.63) is 67.0 Å². The zero-order chi connectivity index (χ0) is 21.8. The van der Waals surface area contributed by atoms with Gasteiger partial charge in [0.15, 0.2) is 5.82 Å². The summed E-state index contributed by atoms with van der Waals surface area (Å²) < 4.78 is 26.9. The maximum atomic E-state index is 12.7. The molecule has 1 amide bonds. The van der Waals surface area contributed by atoms with Crippen molar-refractivity contribution in [3.63, 3.8) is 0 Å². The van der Waals surface area contributed by atoms with Gasteiger partial charge in [0.05, 0.1) is 23.0 Å². The van der Waals surface area contributed by atoms with Crippen molar-refractivity contribution in [2.24, 2.45) is 5.92 Å². The van der Waals surface area contributed by atoms with Gasteiger partial charge in [0, 0.05) is 24.6 Å². The molecule has 2 N–H and O–H groups in total. The Labute approximate surface area is 180 Å². The van der Waals surface area contributed by atoms with Crippen LogP contribution in [0.25, 0.3) is 11.4 Å². The third-order valence-corrected chi connectivity index (χ3v) is 7.14. The predicted octanol–water partition coefficient (Wildman–Crippen LogP) is 2.89. The van der Waals surface area contributed by atoms with Crippen LogP contribution >= 0.6 is 0 Å². The third kappa shape index (κ3) is 4.73. The molecule has 1 aliphatic heterocycles. The number of hydrogen-bond acceptors (Lipinski definition) is 6. The molecule has 0 bridgehead atoms. The van der Waals surface area contributed by atoms with Crippen molar-refractivity contribution in [1.82, 2.24) is 14.3 Å². The Morgan fingerprint density at radius 1 is 1.00 bits per heavy atom. The number of benzene rings is 2. The molecule has 2 heterocycles. The van der Waals surface area contributed by atoms with Crippen LogP contribution in [0, 0.1) is 5.92 Å². The first-order valence-corrected chi connectivity index (χ1v) is 11.3. The minimum atomic E-state index is -3.54. The van der Waals surface area contributed by atoms with E-state index >= 15 is 0 Å². The topological polar surface area (TPSA) is 112 Å². The second-order valence-electron chi connectivity index (χ2n) is 7.33. The highest BCUT2D eigenvalue weighted by Crippen LogP contribution is 2.25. The van der Waals surface area contributed by atoms with Crippen LogP contribution in [-0.4, -0.2) is 46.8 Å². The highest BCUT2D eigenvalue weighted by Gasteiger charge is 2.32. The van der Waals surface area contributed by atoms with E-state index in [2.05, 4.69) is 15.3 Å². The zero-order valence-corrected chi connectivity index (χ0v) is 17.5. The quantitative estimate of drug-likeness (QED) is 0.633. The molecule has 0 spiro atoms. The number of amides is 1. The lowest BCUT2D eigenvalue weighted by Crippen LogP contribution is -2.41. The smallest absolute Gasteiger partial charge is 0.243 e. The molecule has 3 aromatic rings. The van der Waals surface area contributed by atoms with Crippen LogP contribution in [0.3, 0.4) is 0 Å². The molecule has 1 fully saturated rings. The second-order valence-corrected chi connectivity index (χ2v) is 9.26. The monoisotopic (exact) mass is 438 g/mol. The minimum Gasteiger partial charge on any atom is -0.508 e. The fraction of sp³-hybridized carbons (Fsp3) is 0.227. The van der Waals surface area contributed by atoms with Crippen LogP contribution in [0.15, 0.2) is 71.9 Å². The van der Waals surface area contributed by atoms with Gasteiger partial charge in [-0.1, -0.05) is 30.3 Å². The molecule has 1 aromatic heterocycles. The molecule has 0 radical (unpaired) electrons. The van der Waals surface area contributed by atoms with Gasteiger partial charge in [0.2, 0.25) is 15.9 Å². The molecule has 1 aliphatic rings. The normalized spacial score (nSPS) is 15.5. The number of rotatable bonds is 5.